The van der Waals surface area contributed by atoms with Crippen molar-refractivity contribution in [1.29, 1.82) is 0 Å². The molecule has 0 saturated heterocycles. The summed E-state index contributed by atoms with van der Waals surface area (Å²) in [5.74, 6) is -0.723. The van der Waals surface area contributed by atoms with Crippen LogP contribution in [0.15, 0.2) is 0 Å². The average Bonchev–Trinajstić information content (AvgIpc) is 1.85. The number of aliphatic carboxylic acids is 1. The van der Waals surface area contributed by atoms with Gasteiger partial charge in [-0.25, -0.2) is 0 Å². The summed E-state index contributed by atoms with van der Waals surface area (Å²) >= 11 is 0. The molecule has 0 saturated carbocycles. The first-order chi connectivity index (χ1) is 5.42. The van der Waals surface area contributed by atoms with Crippen LogP contribution in [0.1, 0.15) is 33.1 Å². The fourth-order valence-corrected chi connectivity index (χ4v) is 1.33. The van der Waals surface area contributed by atoms with Crippen molar-refractivity contribution in [3.8, 4) is 0 Å². The van der Waals surface area contributed by atoms with Crippen LogP contribution in [0.25, 0.3) is 0 Å². The monoisotopic (exact) mass is 173 g/mol. The lowest BCUT2D eigenvalue weighted by atomic mass is 9.91. The Labute approximate surface area is 74.4 Å². The number of carboxylic acids is 1. The Morgan fingerprint density at radius 3 is 2.25 bits per heavy atom. The second-order valence-electron chi connectivity index (χ2n) is 3.71. The quantitative estimate of drug-likeness (QED) is 0.686. The number of hydrogen-bond acceptors (Lipinski definition) is 2. The molecule has 1 atom stereocenters. The highest BCUT2D eigenvalue weighted by Gasteiger charge is 2.28. The van der Waals surface area contributed by atoms with Crippen LogP contribution in [0.2, 0.25) is 0 Å². The second kappa shape index (κ2) is 4.45. The van der Waals surface area contributed by atoms with E-state index in [2.05, 4.69) is 6.92 Å². The van der Waals surface area contributed by atoms with Crippen molar-refractivity contribution in [1.82, 2.24) is 4.90 Å². The summed E-state index contributed by atoms with van der Waals surface area (Å²) < 4.78 is 0. The van der Waals surface area contributed by atoms with E-state index in [1.165, 1.54) is 0 Å². The van der Waals surface area contributed by atoms with Crippen LogP contribution in [-0.2, 0) is 4.79 Å². The number of carboxylic acid groups (broad SMARTS) is 1. The van der Waals surface area contributed by atoms with E-state index in [-0.39, 0.29) is 12.0 Å². The van der Waals surface area contributed by atoms with E-state index in [9.17, 15) is 4.79 Å². The lowest BCUT2D eigenvalue weighted by Crippen LogP contribution is -2.42. The molecule has 0 aliphatic heterocycles. The average molecular weight is 173 g/mol. The van der Waals surface area contributed by atoms with Crippen LogP contribution in [0, 0.1) is 0 Å². The van der Waals surface area contributed by atoms with Crippen molar-refractivity contribution in [2.45, 2.75) is 38.6 Å². The molecule has 0 radical (unpaired) electrons. The summed E-state index contributed by atoms with van der Waals surface area (Å²) in [5, 5.41) is 8.70. The van der Waals surface area contributed by atoms with Gasteiger partial charge in [-0.15, -0.1) is 0 Å². The smallest absolute Gasteiger partial charge is 0.305 e. The van der Waals surface area contributed by atoms with E-state index in [0.29, 0.717) is 0 Å². The van der Waals surface area contributed by atoms with E-state index in [0.717, 1.165) is 12.8 Å². The minimum Gasteiger partial charge on any atom is -0.481 e. The first kappa shape index (κ1) is 11.4. The van der Waals surface area contributed by atoms with Crippen molar-refractivity contribution < 1.29 is 9.90 Å². The number of hydrogen-bond donors (Lipinski definition) is 1. The summed E-state index contributed by atoms with van der Waals surface area (Å²) in [5.41, 5.74) is -0.194. The lowest BCUT2D eigenvalue weighted by molar-refractivity contribution is -0.139. The Morgan fingerprint density at radius 1 is 1.50 bits per heavy atom. The fraction of sp³-hybridized carbons (Fsp3) is 0.889. The van der Waals surface area contributed by atoms with Gasteiger partial charge in [0, 0.05) is 5.54 Å². The van der Waals surface area contributed by atoms with Gasteiger partial charge in [-0.1, -0.05) is 13.3 Å². The van der Waals surface area contributed by atoms with E-state index in [1.54, 1.807) is 0 Å². The zero-order valence-electron chi connectivity index (χ0n) is 8.42. The molecular weight excluding hydrogens is 154 g/mol. The molecule has 3 nitrogen and oxygen atoms in total. The molecule has 0 fully saturated rings. The highest BCUT2D eigenvalue weighted by Crippen LogP contribution is 2.22. The van der Waals surface area contributed by atoms with Gasteiger partial charge in [0.15, 0.2) is 0 Å². The van der Waals surface area contributed by atoms with Crippen molar-refractivity contribution in [2.24, 2.45) is 0 Å². The van der Waals surface area contributed by atoms with Gasteiger partial charge in [-0.3, -0.25) is 4.79 Å². The van der Waals surface area contributed by atoms with Crippen molar-refractivity contribution in [3.05, 3.63) is 0 Å². The minimum absolute atomic E-state index is 0.194. The predicted octanol–water partition coefficient (Wildman–Crippen LogP) is 1.58. The molecule has 1 N–H and O–H groups in total. The third-order valence-electron chi connectivity index (χ3n) is 2.40. The molecule has 1 unspecified atom stereocenters. The first-order valence-electron chi connectivity index (χ1n) is 4.31. The molecular formula is C9H19NO2. The van der Waals surface area contributed by atoms with E-state index < -0.39 is 5.97 Å². The Balaban J connectivity index is 4.28. The standard InChI is InChI=1S/C9H19NO2/c1-5-6-9(2,10(3)4)7-8(11)12/h5-7H2,1-4H3,(H,11,12). The molecule has 0 aliphatic rings. The highest BCUT2D eigenvalue weighted by molar-refractivity contribution is 5.68. The van der Waals surface area contributed by atoms with Gasteiger partial charge in [0.25, 0.3) is 0 Å². The van der Waals surface area contributed by atoms with Gasteiger partial charge in [0.2, 0.25) is 0 Å². The van der Waals surface area contributed by atoms with Gasteiger partial charge in [-0.2, -0.15) is 0 Å². The van der Waals surface area contributed by atoms with Crippen LogP contribution in [0.5, 0.6) is 0 Å². The van der Waals surface area contributed by atoms with Crippen LogP contribution < -0.4 is 0 Å². The SMILES string of the molecule is CCCC(C)(CC(=O)O)N(C)C. The summed E-state index contributed by atoms with van der Waals surface area (Å²) in [6.45, 7) is 4.06. The summed E-state index contributed by atoms with van der Waals surface area (Å²) in [4.78, 5) is 12.6. The molecule has 12 heavy (non-hydrogen) atoms. The van der Waals surface area contributed by atoms with E-state index >= 15 is 0 Å². The third-order valence-corrected chi connectivity index (χ3v) is 2.40. The molecule has 0 amide bonds. The van der Waals surface area contributed by atoms with Crippen LogP contribution in [0.3, 0.4) is 0 Å². The normalized spacial score (nSPS) is 16.1. The third kappa shape index (κ3) is 3.22. The van der Waals surface area contributed by atoms with Gasteiger partial charge in [0.05, 0.1) is 6.42 Å². The number of carbonyl (C=O) groups is 1. The maximum absolute atomic E-state index is 10.6. The summed E-state index contributed by atoms with van der Waals surface area (Å²) in [6, 6.07) is 0. The Bertz CT molecular complexity index is 157. The molecule has 0 bridgehead atoms. The maximum Gasteiger partial charge on any atom is 0.305 e. The molecule has 0 rings (SSSR count). The Hall–Kier alpha value is -0.570. The Kier molecular flexibility index (Phi) is 4.24. The topological polar surface area (TPSA) is 40.5 Å². The molecule has 0 spiro atoms. The largest absolute Gasteiger partial charge is 0.481 e. The van der Waals surface area contributed by atoms with Crippen LogP contribution in [-0.4, -0.2) is 35.6 Å². The molecule has 0 aromatic heterocycles. The molecule has 72 valence electrons. The van der Waals surface area contributed by atoms with E-state index in [1.807, 2.05) is 25.9 Å². The molecule has 3 heteroatoms. The van der Waals surface area contributed by atoms with Crippen molar-refractivity contribution in [2.75, 3.05) is 14.1 Å². The summed E-state index contributed by atoms with van der Waals surface area (Å²) in [7, 11) is 3.86. The van der Waals surface area contributed by atoms with Crippen LogP contribution >= 0.6 is 0 Å². The molecule has 0 heterocycles. The van der Waals surface area contributed by atoms with Gasteiger partial charge < -0.3 is 10.0 Å². The summed E-state index contributed by atoms with van der Waals surface area (Å²) in [6.07, 6.45) is 2.15. The van der Waals surface area contributed by atoms with Crippen molar-refractivity contribution >= 4 is 5.97 Å². The zero-order valence-corrected chi connectivity index (χ0v) is 8.42. The van der Waals surface area contributed by atoms with Gasteiger partial charge in [0.1, 0.15) is 0 Å². The maximum atomic E-state index is 10.6. The first-order valence-corrected chi connectivity index (χ1v) is 4.31. The number of rotatable bonds is 5. The molecule has 0 aromatic carbocycles. The van der Waals surface area contributed by atoms with E-state index in [4.69, 9.17) is 5.11 Å². The van der Waals surface area contributed by atoms with Gasteiger partial charge in [-0.05, 0) is 27.4 Å². The lowest BCUT2D eigenvalue weighted by Gasteiger charge is -2.35. The highest BCUT2D eigenvalue weighted by atomic mass is 16.4. The second-order valence-corrected chi connectivity index (χ2v) is 3.71. The number of nitrogens with zero attached hydrogens (tertiary/aromatic N) is 1. The zero-order chi connectivity index (χ0) is 9.78. The Morgan fingerprint density at radius 2 is 2.00 bits per heavy atom. The van der Waals surface area contributed by atoms with Gasteiger partial charge >= 0.3 is 5.97 Å². The van der Waals surface area contributed by atoms with Crippen LogP contribution in [0.4, 0.5) is 0 Å². The molecule has 0 aromatic rings. The molecule has 0 aliphatic carbocycles. The van der Waals surface area contributed by atoms with Crippen molar-refractivity contribution in [3.63, 3.8) is 0 Å². The fourth-order valence-electron chi connectivity index (χ4n) is 1.33. The minimum atomic E-state index is -0.723. The predicted molar refractivity (Wildman–Crippen MR) is 49.3 cm³/mol.